The van der Waals surface area contributed by atoms with Crippen molar-refractivity contribution in [1.82, 2.24) is 5.43 Å². The van der Waals surface area contributed by atoms with Crippen molar-refractivity contribution in [2.45, 2.75) is 11.8 Å². The SMILES string of the molecule is CCOc1cc(/C=N\NC(=O)c2ccc3ccccc3c2)ccc1OS(=O)(=O)c1ccc([N+](=O)[O-])cc1. The fraction of sp³-hybridized carbons (Fsp3) is 0.0769. The number of benzene rings is 4. The van der Waals surface area contributed by atoms with Crippen LogP contribution in [0.5, 0.6) is 11.5 Å². The van der Waals surface area contributed by atoms with E-state index in [0.717, 1.165) is 35.0 Å². The lowest BCUT2D eigenvalue weighted by molar-refractivity contribution is -0.384. The standard InChI is InChI=1S/C26H21N3O7S/c1-2-35-25-15-18(17-27-28-26(30)21-9-8-19-5-3-4-6-20(19)16-21)7-14-24(25)36-37(33,34)23-12-10-22(11-13-23)29(31)32/h3-17H,2H2,1H3,(H,28,30)/b27-17-. The molecule has 0 saturated heterocycles. The molecule has 0 aliphatic rings. The highest BCUT2D eigenvalue weighted by Crippen LogP contribution is 2.31. The van der Waals surface area contributed by atoms with Crippen molar-refractivity contribution in [3.63, 3.8) is 0 Å². The summed E-state index contributed by atoms with van der Waals surface area (Å²) in [5.41, 5.74) is 3.19. The fourth-order valence-corrected chi connectivity index (χ4v) is 4.34. The molecule has 0 fully saturated rings. The van der Waals surface area contributed by atoms with Gasteiger partial charge in [0.2, 0.25) is 0 Å². The third-order valence-electron chi connectivity index (χ3n) is 5.19. The number of rotatable bonds is 9. The van der Waals surface area contributed by atoms with Crippen LogP contribution >= 0.6 is 0 Å². The first-order valence-corrected chi connectivity index (χ1v) is 12.5. The quantitative estimate of drug-likeness (QED) is 0.147. The smallest absolute Gasteiger partial charge is 0.339 e. The van der Waals surface area contributed by atoms with Crippen LogP contribution in [0.25, 0.3) is 10.8 Å². The Kier molecular flexibility index (Phi) is 7.44. The topological polar surface area (TPSA) is 137 Å². The van der Waals surface area contributed by atoms with Crippen molar-refractivity contribution < 1.29 is 27.1 Å². The minimum atomic E-state index is -4.28. The van der Waals surface area contributed by atoms with Crippen LogP contribution in [-0.4, -0.2) is 32.1 Å². The molecule has 1 amide bonds. The van der Waals surface area contributed by atoms with Gasteiger partial charge in [0.25, 0.3) is 11.6 Å². The molecule has 37 heavy (non-hydrogen) atoms. The summed E-state index contributed by atoms with van der Waals surface area (Å²) in [6, 6.07) is 21.8. The van der Waals surface area contributed by atoms with E-state index < -0.39 is 15.0 Å². The summed E-state index contributed by atoms with van der Waals surface area (Å²) in [5, 5.41) is 16.7. The maximum Gasteiger partial charge on any atom is 0.339 e. The Morgan fingerprint density at radius 3 is 2.41 bits per heavy atom. The highest BCUT2D eigenvalue weighted by molar-refractivity contribution is 7.87. The van der Waals surface area contributed by atoms with Gasteiger partial charge in [0.1, 0.15) is 4.90 Å². The van der Waals surface area contributed by atoms with E-state index in [1.165, 1.54) is 24.4 Å². The van der Waals surface area contributed by atoms with Crippen molar-refractivity contribution in [1.29, 1.82) is 0 Å². The summed E-state index contributed by atoms with van der Waals surface area (Å²) in [6.07, 6.45) is 1.38. The number of nitrogens with zero attached hydrogens (tertiary/aromatic N) is 2. The molecule has 188 valence electrons. The van der Waals surface area contributed by atoms with Crippen molar-refractivity contribution in [2.24, 2.45) is 5.10 Å². The van der Waals surface area contributed by atoms with Crippen molar-refractivity contribution in [3.05, 3.63) is 106 Å². The van der Waals surface area contributed by atoms with Crippen LogP contribution in [0, 0.1) is 10.1 Å². The van der Waals surface area contributed by atoms with Crippen LogP contribution in [0.15, 0.2) is 94.9 Å². The van der Waals surface area contributed by atoms with Crippen LogP contribution < -0.4 is 14.3 Å². The van der Waals surface area contributed by atoms with Crippen molar-refractivity contribution in [3.8, 4) is 11.5 Å². The van der Waals surface area contributed by atoms with Gasteiger partial charge in [0, 0.05) is 17.7 Å². The predicted octanol–water partition coefficient (Wildman–Crippen LogP) is 4.68. The van der Waals surface area contributed by atoms with Gasteiger partial charge in [-0.1, -0.05) is 30.3 Å². The molecule has 10 nitrogen and oxygen atoms in total. The Morgan fingerprint density at radius 2 is 1.70 bits per heavy atom. The van der Waals surface area contributed by atoms with Gasteiger partial charge in [-0.2, -0.15) is 13.5 Å². The third kappa shape index (κ3) is 6.08. The second-order valence-corrected chi connectivity index (χ2v) is 9.24. The Labute approximate surface area is 212 Å². The molecule has 0 aliphatic heterocycles. The Bertz CT molecular complexity index is 1600. The minimum Gasteiger partial charge on any atom is -0.490 e. The number of nitro groups is 1. The largest absolute Gasteiger partial charge is 0.490 e. The van der Waals surface area contributed by atoms with E-state index in [1.807, 2.05) is 30.3 Å². The summed E-state index contributed by atoms with van der Waals surface area (Å²) in [5.74, 6) is -0.323. The van der Waals surface area contributed by atoms with Gasteiger partial charge in [0.05, 0.1) is 17.7 Å². The van der Waals surface area contributed by atoms with E-state index >= 15 is 0 Å². The number of hydrogen-bond donors (Lipinski definition) is 1. The number of hydrazone groups is 1. The van der Waals surface area contributed by atoms with Gasteiger partial charge >= 0.3 is 10.1 Å². The average Bonchev–Trinajstić information content (AvgIpc) is 2.90. The van der Waals surface area contributed by atoms with Crippen LogP contribution in [0.2, 0.25) is 0 Å². The lowest BCUT2D eigenvalue weighted by atomic mass is 10.1. The molecule has 0 unspecified atom stereocenters. The molecule has 1 N–H and O–H groups in total. The number of ether oxygens (including phenoxy) is 1. The van der Waals surface area contributed by atoms with Gasteiger partial charge < -0.3 is 8.92 Å². The number of amides is 1. The highest BCUT2D eigenvalue weighted by Gasteiger charge is 2.20. The molecular weight excluding hydrogens is 498 g/mol. The maximum atomic E-state index is 12.7. The molecule has 0 saturated carbocycles. The van der Waals surface area contributed by atoms with E-state index in [0.29, 0.717) is 11.1 Å². The van der Waals surface area contributed by atoms with E-state index in [1.54, 1.807) is 19.1 Å². The summed E-state index contributed by atoms with van der Waals surface area (Å²) in [7, 11) is -4.28. The maximum absolute atomic E-state index is 12.7. The van der Waals surface area contributed by atoms with E-state index in [2.05, 4.69) is 10.5 Å². The molecule has 0 bridgehead atoms. The monoisotopic (exact) mass is 519 g/mol. The summed E-state index contributed by atoms with van der Waals surface area (Å²) < 4.78 is 36.1. The first-order valence-electron chi connectivity index (χ1n) is 11.0. The van der Waals surface area contributed by atoms with Crippen LogP contribution in [0.1, 0.15) is 22.8 Å². The number of carbonyl (C=O) groups excluding carboxylic acids is 1. The molecule has 4 aromatic carbocycles. The summed E-state index contributed by atoms with van der Waals surface area (Å²) in [4.78, 5) is 22.4. The van der Waals surface area contributed by atoms with Crippen molar-refractivity contribution in [2.75, 3.05) is 6.61 Å². The van der Waals surface area contributed by atoms with Crippen LogP contribution in [0.3, 0.4) is 0 Å². The molecule has 0 spiro atoms. The van der Waals surface area contributed by atoms with Gasteiger partial charge in [-0.25, -0.2) is 5.43 Å². The molecular formula is C26H21N3O7S. The van der Waals surface area contributed by atoms with Gasteiger partial charge in [0.15, 0.2) is 11.5 Å². The zero-order valence-corrected chi connectivity index (χ0v) is 20.3. The van der Waals surface area contributed by atoms with Gasteiger partial charge in [-0.05, 0) is 65.7 Å². The molecule has 0 aromatic heterocycles. The highest BCUT2D eigenvalue weighted by atomic mass is 32.2. The summed E-state index contributed by atoms with van der Waals surface area (Å²) >= 11 is 0. The number of fused-ring (bicyclic) bond motifs is 1. The molecule has 11 heteroatoms. The molecule has 4 aromatic rings. The first-order chi connectivity index (χ1) is 17.8. The lowest BCUT2D eigenvalue weighted by Crippen LogP contribution is -2.17. The Balaban J connectivity index is 1.48. The molecule has 0 radical (unpaired) electrons. The summed E-state index contributed by atoms with van der Waals surface area (Å²) in [6.45, 7) is 1.95. The molecule has 0 atom stereocenters. The van der Waals surface area contributed by atoms with E-state index in [9.17, 15) is 23.3 Å². The van der Waals surface area contributed by atoms with Gasteiger partial charge in [-0.15, -0.1) is 0 Å². The van der Waals surface area contributed by atoms with Gasteiger partial charge in [-0.3, -0.25) is 14.9 Å². The number of non-ortho nitro benzene ring substituents is 1. The molecule has 0 heterocycles. The second-order valence-electron chi connectivity index (χ2n) is 7.69. The zero-order chi connectivity index (χ0) is 26.4. The number of carbonyl (C=O) groups is 1. The zero-order valence-electron chi connectivity index (χ0n) is 19.5. The number of hydrogen-bond acceptors (Lipinski definition) is 8. The molecule has 4 rings (SSSR count). The van der Waals surface area contributed by atoms with Crippen LogP contribution in [0.4, 0.5) is 5.69 Å². The normalized spacial score (nSPS) is 11.4. The molecule has 0 aliphatic carbocycles. The number of nitro benzene ring substituents is 1. The van der Waals surface area contributed by atoms with E-state index in [4.69, 9.17) is 8.92 Å². The number of nitrogens with one attached hydrogen (secondary N) is 1. The Morgan fingerprint density at radius 1 is 0.973 bits per heavy atom. The van der Waals surface area contributed by atoms with Crippen molar-refractivity contribution >= 4 is 38.7 Å². The predicted molar refractivity (Wildman–Crippen MR) is 138 cm³/mol. The van der Waals surface area contributed by atoms with E-state index in [-0.39, 0.29) is 34.6 Å². The first kappa shape index (κ1) is 25.3. The Hall–Kier alpha value is -4.77. The minimum absolute atomic E-state index is 0.0717. The lowest BCUT2D eigenvalue weighted by Gasteiger charge is -2.12. The van der Waals surface area contributed by atoms with Crippen LogP contribution in [-0.2, 0) is 10.1 Å². The third-order valence-corrected chi connectivity index (χ3v) is 6.44. The average molecular weight is 520 g/mol. The fourth-order valence-electron chi connectivity index (χ4n) is 3.40. The second kappa shape index (κ2) is 10.9.